The number of hydrogen-bond acceptors (Lipinski definition) is 9. The number of rotatable bonds is 10. The van der Waals surface area contributed by atoms with E-state index in [1.807, 2.05) is 33.8 Å². The Bertz CT molecular complexity index is 1480. The molecule has 12 nitrogen and oxygen atoms in total. The summed E-state index contributed by atoms with van der Waals surface area (Å²) in [6.45, 7) is 19.8. The van der Waals surface area contributed by atoms with Crippen molar-refractivity contribution in [1.82, 2.24) is 10.2 Å². The van der Waals surface area contributed by atoms with Gasteiger partial charge in [0.25, 0.3) is 0 Å². The van der Waals surface area contributed by atoms with E-state index in [-0.39, 0.29) is 55.8 Å². The van der Waals surface area contributed by atoms with Gasteiger partial charge in [0.05, 0.1) is 31.2 Å². The number of primary amides is 1. The molecular formula is C36H54BN3O9. The van der Waals surface area contributed by atoms with Crippen LogP contribution in [0, 0.1) is 24.2 Å². The van der Waals surface area contributed by atoms with E-state index >= 15 is 0 Å². The summed E-state index contributed by atoms with van der Waals surface area (Å²) in [5.74, 6) is -0.155. The SMILES string of the molecule is Cc1c(CCB2O[C@@H]3C[C@@H]4C[C@@H](C4(C)C)[C@]3(C)O2)ccc(OC2CN(C(=O)C[C@H](NC(=O)OC(C)(C)C)C(N)=O)C2)c1C(=O)OC(C)(C)C. The lowest BCUT2D eigenvalue weighted by Crippen LogP contribution is -2.65. The predicted molar refractivity (Wildman–Crippen MR) is 183 cm³/mol. The fourth-order valence-corrected chi connectivity index (χ4v) is 7.90. The predicted octanol–water partition coefficient (Wildman–Crippen LogP) is 4.58. The van der Waals surface area contributed by atoms with Gasteiger partial charge < -0.3 is 39.5 Å². The number of likely N-dealkylation sites (tertiary alicyclic amines) is 1. The van der Waals surface area contributed by atoms with Crippen LogP contribution in [-0.2, 0) is 34.8 Å². The summed E-state index contributed by atoms with van der Waals surface area (Å²) in [6.07, 6.45) is 2.11. The van der Waals surface area contributed by atoms with Gasteiger partial charge in [-0.25, -0.2) is 9.59 Å². The molecule has 13 heteroatoms. The minimum atomic E-state index is -1.22. The van der Waals surface area contributed by atoms with Gasteiger partial charge in [-0.3, -0.25) is 9.59 Å². The van der Waals surface area contributed by atoms with Crippen molar-refractivity contribution in [3.05, 3.63) is 28.8 Å². The van der Waals surface area contributed by atoms with Crippen molar-refractivity contribution in [2.24, 2.45) is 23.0 Å². The van der Waals surface area contributed by atoms with E-state index in [1.54, 1.807) is 26.8 Å². The molecule has 5 atom stereocenters. The highest BCUT2D eigenvalue weighted by atomic mass is 16.7. The largest absolute Gasteiger partial charge is 0.486 e. The lowest BCUT2D eigenvalue weighted by molar-refractivity contribution is -0.199. The minimum absolute atomic E-state index is 0.111. The topological polar surface area (TPSA) is 156 Å². The first kappa shape index (κ1) is 37.0. The van der Waals surface area contributed by atoms with Gasteiger partial charge in [-0.15, -0.1) is 0 Å². The summed E-state index contributed by atoms with van der Waals surface area (Å²) in [6, 6.07) is 2.53. The number of carbonyl (C=O) groups is 4. The Hall–Kier alpha value is -3.32. The molecule has 0 unspecified atom stereocenters. The number of carbonyl (C=O) groups excluding carboxylic acids is 4. The number of nitrogens with zero attached hydrogens (tertiary/aromatic N) is 1. The Morgan fingerprint density at radius 3 is 2.29 bits per heavy atom. The van der Waals surface area contributed by atoms with E-state index in [9.17, 15) is 19.2 Å². The maximum absolute atomic E-state index is 13.5. The molecule has 2 aliphatic heterocycles. The maximum atomic E-state index is 13.5. The zero-order chi connectivity index (χ0) is 36.3. The molecule has 3 amide bonds. The maximum Gasteiger partial charge on any atom is 0.457 e. The molecule has 270 valence electrons. The Kier molecular flexibility index (Phi) is 9.88. The second kappa shape index (κ2) is 13.1. The van der Waals surface area contributed by atoms with Crippen molar-refractivity contribution in [1.29, 1.82) is 0 Å². The molecule has 2 heterocycles. The number of aryl methyl sites for hydroxylation is 1. The molecule has 5 fully saturated rings. The Balaban J connectivity index is 1.22. The average Bonchev–Trinajstić information content (AvgIpc) is 3.27. The number of benzene rings is 1. The zero-order valence-electron chi connectivity index (χ0n) is 30.8. The lowest BCUT2D eigenvalue weighted by Gasteiger charge is -2.64. The number of nitrogens with one attached hydrogen (secondary N) is 1. The second-order valence-electron chi connectivity index (χ2n) is 17.0. The molecular weight excluding hydrogens is 629 g/mol. The first-order chi connectivity index (χ1) is 22.6. The van der Waals surface area contributed by atoms with Crippen LogP contribution in [-0.4, -0.2) is 84.0 Å². The summed E-state index contributed by atoms with van der Waals surface area (Å²) in [4.78, 5) is 52.1. The highest BCUT2D eigenvalue weighted by molar-refractivity contribution is 6.45. The summed E-state index contributed by atoms with van der Waals surface area (Å²) < 4.78 is 30.3. The van der Waals surface area contributed by atoms with Crippen LogP contribution in [0.2, 0.25) is 6.32 Å². The van der Waals surface area contributed by atoms with E-state index in [4.69, 9.17) is 29.3 Å². The van der Waals surface area contributed by atoms with Crippen LogP contribution in [0.1, 0.15) is 103 Å². The molecule has 1 aromatic rings. The van der Waals surface area contributed by atoms with Crippen molar-refractivity contribution >= 4 is 31.0 Å². The Labute approximate surface area is 290 Å². The fourth-order valence-electron chi connectivity index (χ4n) is 7.90. The number of ether oxygens (including phenoxy) is 3. The quantitative estimate of drug-likeness (QED) is 0.266. The molecule has 2 saturated heterocycles. The summed E-state index contributed by atoms with van der Waals surface area (Å²) in [5.41, 5.74) is 6.05. The van der Waals surface area contributed by atoms with Gasteiger partial charge in [0, 0.05) is 0 Å². The van der Waals surface area contributed by atoms with Crippen molar-refractivity contribution in [2.75, 3.05) is 13.1 Å². The first-order valence-electron chi connectivity index (χ1n) is 17.5. The van der Waals surface area contributed by atoms with Gasteiger partial charge in [0.15, 0.2) is 0 Å². The molecule has 0 radical (unpaired) electrons. The number of amides is 3. The third kappa shape index (κ3) is 7.87. The van der Waals surface area contributed by atoms with Crippen LogP contribution in [0.15, 0.2) is 12.1 Å². The van der Waals surface area contributed by atoms with Gasteiger partial charge in [0.2, 0.25) is 11.8 Å². The first-order valence-corrected chi connectivity index (χ1v) is 17.5. The van der Waals surface area contributed by atoms with Gasteiger partial charge in [-0.2, -0.15) is 0 Å². The highest BCUT2D eigenvalue weighted by Crippen LogP contribution is 2.65. The Morgan fingerprint density at radius 1 is 1.04 bits per heavy atom. The normalized spacial score (nSPS) is 26.5. The van der Waals surface area contributed by atoms with Gasteiger partial charge in [0.1, 0.15) is 34.7 Å². The fraction of sp³-hybridized carbons (Fsp3) is 0.722. The van der Waals surface area contributed by atoms with E-state index < -0.39 is 35.2 Å². The summed E-state index contributed by atoms with van der Waals surface area (Å²) in [5, 5.41) is 2.38. The molecule has 6 rings (SSSR count). The minimum Gasteiger partial charge on any atom is -0.486 e. The van der Waals surface area contributed by atoms with Crippen molar-refractivity contribution in [3.63, 3.8) is 0 Å². The van der Waals surface area contributed by atoms with Crippen LogP contribution in [0.5, 0.6) is 5.75 Å². The Morgan fingerprint density at radius 2 is 1.69 bits per heavy atom. The smallest absolute Gasteiger partial charge is 0.457 e. The molecule has 2 bridgehead atoms. The van der Waals surface area contributed by atoms with E-state index in [1.165, 1.54) is 11.3 Å². The lowest BCUT2D eigenvalue weighted by atomic mass is 9.43. The number of esters is 1. The van der Waals surface area contributed by atoms with Crippen molar-refractivity contribution in [2.45, 2.75) is 136 Å². The second-order valence-corrected chi connectivity index (χ2v) is 17.0. The molecule has 0 aromatic heterocycles. The van der Waals surface area contributed by atoms with Gasteiger partial charge in [-0.1, -0.05) is 19.9 Å². The molecule has 49 heavy (non-hydrogen) atoms. The third-order valence-corrected chi connectivity index (χ3v) is 10.7. The monoisotopic (exact) mass is 683 g/mol. The van der Waals surface area contributed by atoms with Gasteiger partial charge in [-0.05, 0) is 115 Å². The molecule has 5 aliphatic rings. The van der Waals surface area contributed by atoms with Crippen LogP contribution in [0.25, 0.3) is 0 Å². The summed E-state index contributed by atoms with van der Waals surface area (Å²) in [7, 11) is -0.308. The standard InChI is InChI=1S/C36H54BN3O9/c1-20-21(13-14-37-48-27-16-22-15-26(35(22,8)9)36(27,10)49-37)11-12-25(29(20)31(43)46-33(2,3)4)45-23-18-40(19-23)28(41)17-24(30(38)42)39-32(44)47-34(5,6)7/h11-12,22-24,26-27H,13-19H2,1-10H3,(H2,38,42)(H,39,44)/t22-,24-,26-,27+,36-/m0/s1. The van der Waals surface area contributed by atoms with E-state index in [2.05, 4.69) is 26.1 Å². The molecule has 0 spiro atoms. The van der Waals surface area contributed by atoms with Crippen LogP contribution >= 0.6 is 0 Å². The highest BCUT2D eigenvalue weighted by Gasteiger charge is 2.67. The van der Waals surface area contributed by atoms with Crippen LogP contribution in [0.4, 0.5) is 4.79 Å². The van der Waals surface area contributed by atoms with Gasteiger partial charge >= 0.3 is 19.2 Å². The van der Waals surface area contributed by atoms with Crippen molar-refractivity contribution in [3.8, 4) is 5.75 Å². The van der Waals surface area contributed by atoms with E-state index in [0.29, 0.717) is 35.9 Å². The number of nitrogens with two attached hydrogens (primary N) is 1. The molecule has 3 aliphatic carbocycles. The van der Waals surface area contributed by atoms with E-state index in [0.717, 1.165) is 17.5 Å². The zero-order valence-corrected chi connectivity index (χ0v) is 30.8. The molecule has 3 N–H and O–H groups in total. The van der Waals surface area contributed by atoms with Crippen LogP contribution < -0.4 is 15.8 Å². The molecule has 3 saturated carbocycles. The average molecular weight is 684 g/mol. The van der Waals surface area contributed by atoms with Crippen LogP contribution in [0.3, 0.4) is 0 Å². The molecule has 1 aromatic carbocycles. The van der Waals surface area contributed by atoms with Crippen molar-refractivity contribution < 1.29 is 42.7 Å². The summed E-state index contributed by atoms with van der Waals surface area (Å²) >= 11 is 0. The number of alkyl carbamates (subject to hydrolysis) is 1. The third-order valence-electron chi connectivity index (χ3n) is 10.7. The number of hydrogen-bond donors (Lipinski definition) is 2.